The summed E-state index contributed by atoms with van der Waals surface area (Å²) in [6.45, 7) is 0. The number of nitrogens with zero attached hydrogens (tertiary/aromatic N) is 1. The molecule has 2 aromatic rings. The Kier molecular flexibility index (Phi) is 4.17. The topological polar surface area (TPSA) is 54.5 Å². The lowest BCUT2D eigenvalue weighted by molar-refractivity contribution is -0.123. The first-order valence-corrected chi connectivity index (χ1v) is 10.9. The molecule has 0 N–H and O–H groups in total. The quantitative estimate of drug-likeness (QED) is 0.583. The summed E-state index contributed by atoms with van der Waals surface area (Å²) >= 11 is 6.60. The smallest absolute Gasteiger partial charge is 0.266 e. The molecule has 4 rings (SSSR count). The van der Waals surface area contributed by atoms with Crippen LogP contribution in [0.4, 0.5) is 0 Å². The summed E-state index contributed by atoms with van der Waals surface area (Å²) in [7, 11) is -3.07. The molecule has 0 spiro atoms. The van der Waals surface area contributed by atoms with Gasteiger partial charge in [0, 0.05) is 0 Å². The SMILES string of the molecule is O=C1/C(=C\c2cccc3ccccc23)SC(=S)N1[C@@H]1CCS(=O)(=O)C1. The van der Waals surface area contributed by atoms with E-state index >= 15 is 0 Å². The zero-order valence-electron chi connectivity index (χ0n) is 13.2. The fourth-order valence-corrected chi connectivity index (χ4v) is 6.38. The highest BCUT2D eigenvalue weighted by atomic mass is 32.2. The predicted octanol–water partition coefficient (Wildman–Crippen LogP) is 3.23. The average molecular weight is 390 g/mol. The summed E-state index contributed by atoms with van der Waals surface area (Å²) in [5.74, 6) is -0.0667. The number of carbonyl (C=O) groups excluding carboxylic acids is 1. The Labute approximate surface area is 155 Å². The van der Waals surface area contributed by atoms with Crippen molar-refractivity contribution in [2.45, 2.75) is 12.5 Å². The van der Waals surface area contributed by atoms with Crippen LogP contribution < -0.4 is 0 Å². The van der Waals surface area contributed by atoms with Crippen molar-refractivity contribution in [2.75, 3.05) is 11.5 Å². The monoisotopic (exact) mass is 389 g/mol. The van der Waals surface area contributed by atoms with E-state index in [0.717, 1.165) is 16.3 Å². The summed E-state index contributed by atoms with van der Waals surface area (Å²) in [4.78, 5) is 14.8. The highest BCUT2D eigenvalue weighted by Crippen LogP contribution is 2.37. The molecule has 2 heterocycles. The van der Waals surface area contributed by atoms with Crippen molar-refractivity contribution < 1.29 is 13.2 Å². The molecule has 1 atom stereocenters. The van der Waals surface area contributed by atoms with E-state index in [1.807, 2.05) is 48.5 Å². The van der Waals surface area contributed by atoms with Gasteiger partial charge in [-0.05, 0) is 28.8 Å². The molecule has 7 heteroatoms. The highest BCUT2D eigenvalue weighted by molar-refractivity contribution is 8.26. The Morgan fingerprint density at radius 2 is 1.92 bits per heavy atom. The number of rotatable bonds is 2. The lowest BCUT2D eigenvalue weighted by atomic mass is 10.0. The van der Waals surface area contributed by atoms with Crippen molar-refractivity contribution in [1.82, 2.24) is 4.90 Å². The number of hydrogen-bond donors (Lipinski definition) is 0. The molecule has 0 radical (unpaired) electrons. The second-order valence-corrected chi connectivity index (χ2v) is 10.1. The van der Waals surface area contributed by atoms with Crippen LogP contribution in [-0.2, 0) is 14.6 Å². The number of hydrogen-bond acceptors (Lipinski definition) is 5. The molecular weight excluding hydrogens is 374 g/mol. The molecule has 4 nitrogen and oxygen atoms in total. The number of thiocarbonyl (C=S) groups is 1. The maximum atomic E-state index is 12.8. The number of thioether (sulfide) groups is 1. The van der Waals surface area contributed by atoms with Crippen LogP contribution in [-0.4, -0.2) is 41.1 Å². The Balaban J connectivity index is 1.69. The Morgan fingerprint density at radius 3 is 2.68 bits per heavy atom. The lowest BCUT2D eigenvalue weighted by Crippen LogP contribution is -2.39. The highest BCUT2D eigenvalue weighted by Gasteiger charge is 2.42. The van der Waals surface area contributed by atoms with E-state index in [0.29, 0.717) is 15.6 Å². The van der Waals surface area contributed by atoms with Crippen LogP contribution in [0.1, 0.15) is 12.0 Å². The minimum Gasteiger partial charge on any atom is -0.289 e. The Hall–Kier alpha value is -1.70. The molecule has 0 aromatic heterocycles. The Bertz CT molecular complexity index is 1020. The van der Waals surface area contributed by atoms with E-state index in [-0.39, 0.29) is 23.5 Å². The van der Waals surface area contributed by atoms with Crippen molar-refractivity contribution in [3.63, 3.8) is 0 Å². The van der Waals surface area contributed by atoms with E-state index < -0.39 is 9.84 Å². The van der Waals surface area contributed by atoms with Gasteiger partial charge in [0.2, 0.25) is 0 Å². The van der Waals surface area contributed by atoms with Crippen molar-refractivity contribution in [1.29, 1.82) is 0 Å². The summed E-state index contributed by atoms with van der Waals surface area (Å²) in [6.07, 6.45) is 2.31. The van der Waals surface area contributed by atoms with Crippen molar-refractivity contribution >= 4 is 60.9 Å². The van der Waals surface area contributed by atoms with Gasteiger partial charge in [-0.1, -0.05) is 66.4 Å². The molecule has 0 unspecified atom stereocenters. The van der Waals surface area contributed by atoms with Crippen molar-refractivity contribution in [2.24, 2.45) is 0 Å². The normalized spacial score (nSPS) is 24.6. The van der Waals surface area contributed by atoms with Gasteiger partial charge in [0.1, 0.15) is 4.32 Å². The van der Waals surface area contributed by atoms with Crippen LogP contribution in [0.25, 0.3) is 16.8 Å². The zero-order chi connectivity index (χ0) is 17.6. The van der Waals surface area contributed by atoms with Crippen LogP contribution in [0, 0.1) is 0 Å². The maximum Gasteiger partial charge on any atom is 0.266 e. The Morgan fingerprint density at radius 1 is 1.16 bits per heavy atom. The second-order valence-electron chi connectivity index (χ2n) is 6.18. The van der Waals surface area contributed by atoms with Crippen LogP contribution >= 0.6 is 24.0 Å². The minimum atomic E-state index is -3.07. The standard InChI is InChI=1S/C18H15NO3S3/c20-17-16(10-13-6-3-5-12-4-1-2-7-15(12)13)24-18(23)19(17)14-8-9-25(21,22)11-14/h1-7,10,14H,8-9,11H2/b16-10+/t14-/m1/s1. The first-order chi connectivity index (χ1) is 11.9. The van der Waals surface area contributed by atoms with Gasteiger partial charge in [-0.2, -0.15) is 0 Å². The average Bonchev–Trinajstić information content (AvgIpc) is 3.07. The molecule has 2 aromatic carbocycles. The summed E-state index contributed by atoms with van der Waals surface area (Å²) in [5, 5.41) is 2.17. The summed E-state index contributed by atoms with van der Waals surface area (Å²) in [5.41, 5.74) is 0.956. The number of amides is 1. The molecule has 2 fully saturated rings. The van der Waals surface area contributed by atoms with Crippen molar-refractivity contribution in [3.8, 4) is 0 Å². The largest absolute Gasteiger partial charge is 0.289 e. The maximum absolute atomic E-state index is 12.8. The van der Waals surface area contributed by atoms with Crippen LogP contribution in [0.15, 0.2) is 47.4 Å². The van der Waals surface area contributed by atoms with Gasteiger partial charge in [-0.3, -0.25) is 9.69 Å². The molecule has 0 aliphatic carbocycles. The molecule has 2 aliphatic rings. The van der Waals surface area contributed by atoms with Crippen LogP contribution in [0.5, 0.6) is 0 Å². The van der Waals surface area contributed by atoms with E-state index in [4.69, 9.17) is 12.2 Å². The second kappa shape index (κ2) is 6.23. The van der Waals surface area contributed by atoms with E-state index in [1.165, 1.54) is 16.7 Å². The van der Waals surface area contributed by atoms with Crippen LogP contribution in [0.3, 0.4) is 0 Å². The predicted molar refractivity (Wildman–Crippen MR) is 106 cm³/mol. The number of benzene rings is 2. The van der Waals surface area contributed by atoms with E-state index in [1.54, 1.807) is 0 Å². The minimum absolute atomic E-state index is 0.000980. The molecule has 128 valence electrons. The fraction of sp³-hybridized carbons (Fsp3) is 0.222. The van der Waals surface area contributed by atoms with Gasteiger partial charge in [0.25, 0.3) is 5.91 Å². The first kappa shape index (κ1) is 16.8. The lowest BCUT2D eigenvalue weighted by Gasteiger charge is -2.20. The van der Waals surface area contributed by atoms with Gasteiger partial charge < -0.3 is 0 Å². The van der Waals surface area contributed by atoms with Crippen LogP contribution in [0.2, 0.25) is 0 Å². The summed E-state index contributed by atoms with van der Waals surface area (Å²) < 4.78 is 23.9. The number of fused-ring (bicyclic) bond motifs is 1. The third-order valence-corrected chi connectivity index (χ3v) is 7.59. The third kappa shape index (κ3) is 3.12. The number of sulfone groups is 1. The van der Waals surface area contributed by atoms with Gasteiger partial charge in [0.15, 0.2) is 9.84 Å². The molecule has 0 bridgehead atoms. The number of carbonyl (C=O) groups is 1. The first-order valence-electron chi connectivity index (χ1n) is 7.90. The fourth-order valence-electron chi connectivity index (χ4n) is 3.29. The van der Waals surface area contributed by atoms with Crippen molar-refractivity contribution in [3.05, 3.63) is 52.9 Å². The zero-order valence-corrected chi connectivity index (χ0v) is 15.7. The third-order valence-electron chi connectivity index (χ3n) is 4.51. The summed E-state index contributed by atoms with van der Waals surface area (Å²) in [6, 6.07) is 13.6. The molecule has 0 saturated carbocycles. The van der Waals surface area contributed by atoms with Gasteiger partial charge in [-0.25, -0.2) is 8.42 Å². The van der Waals surface area contributed by atoms with E-state index in [2.05, 4.69) is 0 Å². The molecular formula is C18H15NO3S3. The molecule has 25 heavy (non-hydrogen) atoms. The van der Waals surface area contributed by atoms with Gasteiger partial charge in [-0.15, -0.1) is 0 Å². The molecule has 2 aliphatic heterocycles. The van der Waals surface area contributed by atoms with E-state index in [9.17, 15) is 13.2 Å². The van der Waals surface area contributed by atoms with Gasteiger partial charge in [0.05, 0.1) is 22.5 Å². The van der Waals surface area contributed by atoms with Gasteiger partial charge >= 0.3 is 0 Å². The molecule has 2 saturated heterocycles. The molecule has 1 amide bonds.